The Morgan fingerprint density at radius 1 is 1.50 bits per heavy atom. The van der Waals surface area contributed by atoms with Crippen molar-refractivity contribution in [1.29, 1.82) is 0 Å². The molecule has 0 unspecified atom stereocenters. The van der Waals surface area contributed by atoms with E-state index in [0.717, 1.165) is 0 Å². The molecule has 0 atom stereocenters. The fraction of sp³-hybridized carbons (Fsp3) is 0.500. The minimum absolute atomic E-state index is 0.177. The first kappa shape index (κ1) is 6.94. The standard InChI is InChI=1S/C6H7NO/c1-6(2)7-4-3-5-8/h6H,1-2H3. The van der Waals surface area contributed by atoms with Gasteiger partial charge in [0.2, 0.25) is 0 Å². The third kappa shape index (κ3) is 4.94. The normalized spacial score (nSPS) is 6.88. The number of nitrogens with zero attached hydrogens (tertiary/aromatic N) is 1. The Labute approximate surface area is 48.2 Å². The maximum absolute atomic E-state index is 9.43. The highest BCUT2D eigenvalue weighted by atomic mass is 16.1. The third-order valence-corrected chi connectivity index (χ3v) is 0.430. The van der Waals surface area contributed by atoms with Crippen molar-refractivity contribution in [2.45, 2.75) is 19.9 Å². The van der Waals surface area contributed by atoms with Gasteiger partial charge in [0.15, 0.2) is 5.94 Å². The predicted molar refractivity (Wildman–Crippen MR) is 31.8 cm³/mol. The Morgan fingerprint density at radius 2 is 2.12 bits per heavy atom. The van der Waals surface area contributed by atoms with Crippen molar-refractivity contribution in [3.05, 3.63) is 5.73 Å². The van der Waals surface area contributed by atoms with Gasteiger partial charge in [-0.05, 0) is 13.8 Å². The van der Waals surface area contributed by atoms with E-state index in [0.29, 0.717) is 0 Å². The second-order valence-electron chi connectivity index (χ2n) is 1.56. The molecule has 0 N–H and O–H groups in total. The first-order valence-corrected chi connectivity index (χ1v) is 2.34. The fourth-order valence-corrected chi connectivity index (χ4v) is 0.184. The SMILES string of the molecule is CC(C)N=C=C=C=O. The molecule has 0 saturated heterocycles. The van der Waals surface area contributed by atoms with Gasteiger partial charge in [-0.2, -0.15) is 0 Å². The molecule has 0 bridgehead atoms. The number of aliphatic imine (C=N–C) groups is 1. The molecule has 0 spiro atoms. The molecule has 0 rings (SSSR count). The van der Waals surface area contributed by atoms with Crippen LogP contribution in [-0.4, -0.2) is 17.9 Å². The van der Waals surface area contributed by atoms with E-state index in [1.54, 1.807) is 0 Å². The number of hydrogen-bond donors (Lipinski definition) is 0. The van der Waals surface area contributed by atoms with E-state index in [9.17, 15) is 4.79 Å². The van der Waals surface area contributed by atoms with Crippen LogP contribution in [0.2, 0.25) is 0 Å². The fourth-order valence-electron chi connectivity index (χ4n) is 0.184. The summed E-state index contributed by atoms with van der Waals surface area (Å²) in [6, 6.07) is 0.177. The zero-order valence-electron chi connectivity index (χ0n) is 4.93. The molecule has 2 nitrogen and oxygen atoms in total. The van der Waals surface area contributed by atoms with Gasteiger partial charge >= 0.3 is 0 Å². The summed E-state index contributed by atoms with van der Waals surface area (Å²) in [7, 11) is 0. The number of carbonyl (C=O) groups excluding carboxylic acids is 1. The average Bonchev–Trinajstić information content (AvgIpc) is 1.66. The maximum atomic E-state index is 9.43. The number of rotatable bonds is 1. The monoisotopic (exact) mass is 109 g/mol. The lowest BCUT2D eigenvalue weighted by Crippen LogP contribution is -1.83. The molecule has 2 heteroatoms. The Bertz CT molecular complexity index is 165. The van der Waals surface area contributed by atoms with E-state index in [-0.39, 0.29) is 6.04 Å². The van der Waals surface area contributed by atoms with Crippen LogP contribution in [-0.2, 0) is 4.79 Å². The summed E-state index contributed by atoms with van der Waals surface area (Å²) in [5.74, 6) is 3.70. The molecule has 0 aliphatic rings. The molecule has 0 aliphatic carbocycles. The van der Waals surface area contributed by atoms with Crippen molar-refractivity contribution in [3.63, 3.8) is 0 Å². The molecule has 0 aromatic carbocycles. The zero-order chi connectivity index (χ0) is 6.41. The van der Waals surface area contributed by atoms with Gasteiger partial charge in [0, 0.05) is 11.6 Å². The van der Waals surface area contributed by atoms with Crippen molar-refractivity contribution in [2.75, 3.05) is 0 Å². The van der Waals surface area contributed by atoms with Crippen molar-refractivity contribution in [2.24, 2.45) is 4.99 Å². The van der Waals surface area contributed by atoms with Crippen LogP contribution in [0.3, 0.4) is 0 Å². The smallest absolute Gasteiger partial charge is 0.187 e. The van der Waals surface area contributed by atoms with Crippen LogP contribution in [0.25, 0.3) is 0 Å². The third-order valence-electron chi connectivity index (χ3n) is 0.430. The highest BCUT2D eigenvalue weighted by molar-refractivity contribution is 5.63. The van der Waals surface area contributed by atoms with Gasteiger partial charge in [-0.3, -0.25) is 0 Å². The predicted octanol–water partition coefficient (Wildman–Crippen LogP) is 0.607. The molecular formula is C6H7NO. The van der Waals surface area contributed by atoms with Crippen LogP contribution < -0.4 is 0 Å². The van der Waals surface area contributed by atoms with Crippen molar-refractivity contribution in [1.82, 2.24) is 0 Å². The minimum Gasteiger partial charge on any atom is -0.232 e. The number of hydrogen-bond acceptors (Lipinski definition) is 2. The van der Waals surface area contributed by atoms with Crippen molar-refractivity contribution >= 4 is 11.8 Å². The molecule has 8 heavy (non-hydrogen) atoms. The molecule has 0 aliphatic heterocycles. The second-order valence-corrected chi connectivity index (χ2v) is 1.56. The summed E-state index contributed by atoms with van der Waals surface area (Å²) in [6.07, 6.45) is 0. The molecule has 42 valence electrons. The summed E-state index contributed by atoms with van der Waals surface area (Å²) < 4.78 is 0. The Balaban J connectivity index is 4.03. The topological polar surface area (TPSA) is 29.4 Å². The largest absolute Gasteiger partial charge is 0.232 e. The summed E-state index contributed by atoms with van der Waals surface area (Å²) in [4.78, 5) is 13.1. The van der Waals surface area contributed by atoms with Crippen LogP contribution in [0.5, 0.6) is 0 Å². The lowest BCUT2D eigenvalue weighted by Gasteiger charge is -1.84. The van der Waals surface area contributed by atoms with Gasteiger partial charge in [0.25, 0.3) is 0 Å². The van der Waals surface area contributed by atoms with Crippen molar-refractivity contribution in [3.8, 4) is 0 Å². The van der Waals surface area contributed by atoms with Gasteiger partial charge in [-0.25, -0.2) is 9.79 Å². The molecule has 0 fully saturated rings. The minimum atomic E-state index is 0.177. The Morgan fingerprint density at radius 3 is 2.50 bits per heavy atom. The van der Waals surface area contributed by atoms with E-state index in [4.69, 9.17) is 0 Å². The maximum Gasteiger partial charge on any atom is 0.187 e. The van der Waals surface area contributed by atoms with Crippen LogP contribution >= 0.6 is 0 Å². The summed E-state index contributed by atoms with van der Waals surface area (Å²) in [5, 5.41) is 0. The highest BCUT2D eigenvalue weighted by Crippen LogP contribution is 1.79. The molecule has 0 radical (unpaired) electrons. The Kier molecular flexibility index (Phi) is 3.56. The highest BCUT2D eigenvalue weighted by Gasteiger charge is 1.77. The van der Waals surface area contributed by atoms with Crippen LogP contribution in [0, 0.1) is 0 Å². The van der Waals surface area contributed by atoms with E-state index in [2.05, 4.69) is 16.6 Å². The summed E-state index contributed by atoms with van der Waals surface area (Å²) in [5.41, 5.74) is 2.06. The second kappa shape index (κ2) is 4.11. The van der Waals surface area contributed by atoms with Crippen molar-refractivity contribution < 1.29 is 4.79 Å². The molecule has 0 heterocycles. The zero-order valence-corrected chi connectivity index (χ0v) is 4.93. The van der Waals surface area contributed by atoms with Crippen LogP contribution in [0.15, 0.2) is 10.7 Å². The first-order chi connectivity index (χ1) is 3.77. The summed E-state index contributed by atoms with van der Waals surface area (Å²) in [6.45, 7) is 3.78. The molecule has 0 aromatic rings. The van der Waals surface area contributed by atoms with Gasteiger partial charge in [-0.15, -0.1) is 0 Å². The lowest BCUT2D eigenvalue weighted by molar-refractivity contribution is 0.569. The van der Waals surface area contributed by atoms with E-state index >= 15 is 0 Å². The summed E-state index contributed by atoms with van der Waals surface area (Å²) >= 11 is 0. The molecule has 0 saturated carbocycles. The molecule has 0 aromatic heterocycles. The first-order valence-electron chi connectivity index (χ1n) is 2.34. The van der Waals surface area contributed by atoms with Gasteiger partial charge in [0.1, 0.15) is 0 Å². The van der Waals surface area contributed by atoms with Gasteiger partial charge in [-0.1, -0.05) is 0 Å². The quantitative estimate of drug-likeness (QED) is 0.275. The van der Waals surface area contributed by atoms with E-state index in [1.165, 1.54) is 5.94 Å². The van der Waals surface area contributed by atoms with Gasteiger partial charge in [0.05, 0.1) is 6.04 Å². The lowest BCUT2D eigenvalue weighted by atomic mass is 10.4. The van der Waals surface area contributed by atoms with Gasteiger partial charge < -0.3 is 0 Å². The van der Waals surface area contributed by atoms with Crippen LogP contribution in [0.4, 0.5) is 0 Å². The average molecular weight is 109 g/mol. The van der Waals surface area contributed by atoms with E-state index < -0.39 is 0 Å². The Hall–Kier alpha value is -1.06. The van der Waals surface area contributed by atoms with Crippen LogP contribution in [0.1, 0.15) is 13.8 Å². The molecule has 0 amide bonds. The van der Waals surface area contributed by atoms with E-state index in [1.807, 2.05) is 13.8 Å². The molecular weight excluding hydrogens is 102 g/mol.